The van der Waals surface area contributed by atoms with Gasteiger partial charge in [0.1, 0.15) is 0 Å². The number of morpholine rings is 1. The largest absolute Gasteiger partial charge is 0.481 e. The Morgan fingerprint density at radius 1 is 1.08 bits per heavy atom. The van der Waals surface area contributed by atoms with Gasteiger partial charge in [0.2, 0.25) is 11.8 Å². The van der Waals surface area contributed by atoms with E-state index in [1.807, 2.05) is 12.1 Å². The number of benzene rings is 1. The lowest BCUT2D eigenvalue weighted by Crippen LogP contribution is -2.41. The third-order valence-electron chi connectivity index (χ3n) is 4.87. The number of hydrogen-bond donors (Lipinski definition) is 2. The van der Waals surface area contributed by atoms with Gasteiger partial charge in [-0.2, -0.15) is 0 Å². The van der Waals surface area contributed by atoms with Gasteiger partial charge in [0, 0.05) is 18.8 Å². The second-order valence-corrected chi connectivity index (χ2v) is 6.48. The molecule has 1 aromatic carbocycles. The first kappa shape index (κ1) is 17.4. The number of anilines is 1. The van der Waals surface area contributed by atoms with E-state index < -0.39 is 17.8 Å². The number of ether oxygens (including phenoxy) is 1. The fourth-order valence-electron chi connectivity index (χ4n) is 3.15. The Kier molecular flexibility index (Phi) is 5.33. The SMILES string of the molecule is O=C(O)C1CCC1C(=O)Nc1ccc(CC(=O)N2CCOCC2)cc1. The third kappa shape index (κ3) is 4.17. The fourth-order valence-corrected chi connectivity index (χ4v) is 3.15. The highest BCUT2D eigenvalue weighted by atomic mass is 16.5. The van der Waals surface area contributed by atoms with Crippen LogP contribution in [-0.2, 0) is 25.5 Å². The van der Waals surface area contributed by atoms with Gasteiger partial charge in [0.05, 0.1) is 31.5 Å². The van der Waals surface area contributed by atoms with E-state index in [1.54, 1.807) is 17.0 Å². The average Bonchev–Trinajstić information content (AvgIpc) is 2.56. The highest BCUT2D eigenvalue weighted by Gasteiger charge is 2.41. The molecule has 2 N–H and O–H groups in total. The molecule has 1 heterocycles. The lowest BCUT2D eigenvalue weighted by molar-refractivity contribution is -0.151. The number of carboxylic acid groups (broad SMARTS) is 1. The zero-order valence-electron chi connectivity index (χ0n) is 13.9. The number of nitrogens with one attached hydrogen (secondary N) is 1. The number of carboxylic acids is 1. The smallest absolute Gasteiger partial charge is 0.307 e. The number of hydrogen-bond acceptors (Lipinski definition) is 4. The predicted molar refractivity (Wildman–Crippen MR) is 90.0 cm³/mol. The predicted octanol–water partition coefficient (Wildman–Crippen LogP) is 1.14. The van der Waals surface area contributed by atoms with Gasteiger partial charge in [-0.15, -0.1) is 0 Å². The van der Waals surface area contributed by atoms with Crippen LogP contribution in [0, 0.1) is 11.8 Å². The number of rotatable bonds is 5. The summed E-state index contributed by atoms with van der Waals surface area (Å²) in [6.45, 7) is 2.41. The van der Waals surface area contributed by atoms with Crippen molar-refractivity contribution in [1.82, 2.24) is 4.90 Å². The van der Waals surface area contributed by atoms with Crippen molar-refractivity contribution in [3.05, 3.63) is 29.8 Å². The van der Waals surface area contributed by atoms with E-state index in [9.17, 15) is 14.4 Å². The molecule has 1 aromatic rings. The maximum absolute atomic E-state index is 12.2. The first-order chi connectivity index (χ1) is 12.0. The van der Waals surface area contributed by atoms with E-state index in [-0.39, 0.29) is 11.8 Å². The van der Waals surface area contributed by atoms with Crippen molar-refractivity contribution in [1.29, 1.82) is 0 Å². The molecule has 1 saturated carbocycles. The van der Waals surface area contributed by atoms with Crippen LogP contribution in [0.15, 0.2) is 24.3 Å². The minimum absolute atomic E-state index is 0.0684. The quantitative estimate of drug-likeness (QED) is 0.833. The Hall–Kier alpha value is -2.41. The molecule has 2 atom stereocenters. The highest BCUT2D eigenvalue weighted by molar-refractivity contribution is 5.96. The van der Waals surface area contributed by atoms with Crippen LogP contribution in [0.3, 0.4) is 0 Å². The molecule has 1 aliphatic heterocycles. The molecule has 1 saturated heterocycles. The molecule has 25 heavy (non-hydrogen) atoms. The molecular formula is C18H22N2O5. The molecule has 0 spiro atoms. The van der Waals surface area contributed by atoms with E-state index >= 15 is 0 Å². The van der Waals surface area contributed by atoms with Gasteiger partial charge in [-0.25, -0.2) is 0 Å². The summed E-state index contributed by atoms with van der Waals surface area (Å²) in [5.74, 6) is -2.14. The van der Waals surface area contributed by atoms with Crippen LogP contribution in [0.5, 0.6) is 0 Å². The lowest BCUT2D eigenvalue weighted by Gasteiger charge is -2.31. The first-order valence-electron chi connectivity index (χ1n) is 8.53. The Morgan fingerprint density at radius 2 is 1.72 bits per heavy atom. The normalized spacial score (nSPS) is 22.8. The van der Waals surface area contributed by atoms with Gasteiger partial charge in [0.15, 0.2) is 0 Å². The second-order valence-electron chi connectivity index (χ2n) is 6.48. The zero-order chi connectivity index (χ0) is 17.8. The van der Waals surface area contributed by atoms with Crippen molar-refractivity contribution in [2.24, 2.45) is 11.8 Å². The van der Waals surface area contributed by atoms with Crippen molar-refractivity contribution >= 4 is 23.5 Å². The fraction of sp³-hybridized carbons (Fsp3) is 0.500. The Labute approximate surface area is 146 Å². The molecule has 2 aliphatic rings. The number of amides is 2. The molecule has 7 nitrogen and oxygen atoms in total. The molecule has 7 heteroatoms. The molecule has 0 radical (unpaired) electrons. The number of nitrogens with zero attached hydrogens (tertiary/aromatic N) is 1. The highest BCUT2D eigenvalue weighted by Crippen LogP contribution is 2.35. The molecule has 0 bridgehead atoms. The van der Waals surface area contributed by atoms with Gasteiger partial charge < -0.3 is 20.1 Å². The summed E-state index contributed by atoms with van der Waals surface area (Å²) in [6, 6.07) is 7.11. The van der Waals surface area contributed by atoms with Crippen LogP contribution in [0.2, 0.25) is 0 Å². The molecule has 2 fully saturated rings. The molecule has 1 aliphatic carbocycles. The standard InChI is InChI=1S/C18H22N2O5/c21-16(20-7-9-25-10-8-20)11-12-1-3-13(4-2-12)19-17(22)14-5-6-15(14)18(23)24/h1-4,14-15H,5-11H2,(H,19,22)(H,23,24). The second kappa shape index (κ2) is 7.65. The van der Waals surface area contributed by atoms with Crippen molar-refractivity contribution in [3.63, 3.8) is 0 Å². The summed E-state index contributed by atoms with van der Waals surface area (Å²) in [4.78, 5) is 37.1. The van der Waals surface area contributed by atoms with Crippen LogP contribution >= 0.6 is 0 Å². The summed E-state index contributed by atoms with van der Waals surface area (Å²) in [6.07, 6.45) is 1.48. The minimum atomic E-state index is -0.914. The summed E-state index contributed by atoms with van der Waals surface area (Å²) in [5.41, 5.74) is 1.49. The Morgan fingerprint density at radius 3 is 2.28 bits per heavy atom. The zero-order valence-corrected chi connectivity index (χ0v) is 13.9. The maximum atomic E-state index is 12.2. The number of aliphatic carboxylic acids is 1. The molecule has 3 rings (SSSR count). The summed E-state index contributed by atoms with van der Waals surface area (Å²) >= 11 is 0. The molecule has 134 valence electrons. The van der Waals surface area contributed by atoms with Crippen LogP contribution < -0.4 is 5.32 Å². The van der Waals surface area contributed by atoms with Crippen molar-refractivity contribution in [2.45, 2.75) is 19.3 Å². The lowest BCUT2D eigenvalue weighted by atomic mass is 9.73. The average molecular weight is 346 g/mol. The van der Waals surface area contributed by atoms with Crippen LogP contribution in [0.4, 0.5) is 5.69 Å². The Balaban J connectivity index is 1.52. The van der Waals surface area contributed by atoms with E-state index in [2.05, 4.69) is 5.32 Å². The summed E-state index contributed by atoms with van der Waals surface area (Å²) in [7, 11) is 0. The number of carbonyl (C=O) groups excluding carboxylic acids is 2. The van der Waals surface area contributed by atoms with E-state index in [0.29, 0.717) is 51.3 Å². The van der Waals surface area contributed by atoms with Crippen molar-refractivity contribution in [3.8, 4) is 0 Å². The van der Waals surface area contributed by atoms with Crippen molar-refractivity contribution < 1.29 is 24.2 Å². The van der Waals surface area contributed by atoms with Gasteiger partial charge in [-0.05, 0) is 30.5 Å². The topological polar surface area (TPSA) is 95.9 Å². The maximum Gasteiger partial charge on any atom is 0.307 e. The van der Waals surface area contributed by atoms with E-state index in [4.69, 9.17) is 9.84 Å². The Bertz CT molecular complexity index is 652. The molecule has 2 amide bonds. The summed E-state index contributed by atoms with van der Waals surface area (Å²) < 4.78 is 5.24. The minimum Gasteiger partial charge on any atom is -0.481 e. The van der Waals surface area contributed by atoms with Crippen LogP contribution in [-0.4, -0.2) is 54.1 Å². The van der Waals surface area contributed by atoms with Crippen LogP contribution in [0.25, 0.3) is 0 Å². The molecule has 2 unspecified atom stereocenters. The number of carbonyl (C=O) groups is 3. The van der Waals surface area contributed by atoms with Crippen LogP contribution in [0.1, 0.15) is 18.4 Å². The van der Waals surface area contributed by atoms with Gasteiger partial charge in [-0.3, -0.25) is 14.4 Å². The van der Waals surface area contributed by atoms with E-state index in [0.717, 1.165) is 5.56 Å². The van der Waals surface area contributed by atoms with Gasteiger partial charge in [-0.1, -0.05) is 12.1 Å². The summed E-state index contributed by atoms with van der Waals surface area (Å²) in [5, 5.41) is 11.8. The monoisotopic (exact) mass is 346 g/mol. The first-order valence-corrected chi connectivity index (χ1v) is 8.53. The van der Waals surface area contributed by atoms with Gasteiger partial charge >= 0.3 is 5.97 Å². The third-order valence-corrected chi connectivity index (χ3v) is 4.87. The molecule has 0 aromatic heterocycles. The van der Waals surface area contributed by atoms with Gasteiger partial charge in [0.25, 0.3) is 0 Å². The molecular weight excluding hydrogens is 324 g/mol. The van der Waals surface area contributed by atoms with Crippen molar-refractivity contribution in [2.75, 3.05) is 31.6 Å². The van der Waals surface area contributed by atoms with E-state index in [1.165, 1.54) is 0 Å².